The van der Waals surface area contributed by atoms with Gasteiger partial charge in [-0.15, -0.1) is 5.10 Å². The topological polar surface area (TPSA) is 115 Å². The van der Waals surface area contributed by atoms with Crippen LogP contribution in [0.4, 0.5) is 20.2 Å². The SMILES string of the molecule is CC(C)(C)CNc1c(C#N)cnc2c(N[C@H](c3cn(C4(C(F)F)CC4)nn3)c3cccc(C#N)c3Cl)cc(Cl)cc12. The first-order chi connectivity index (χ1) is 19.5. The second kappa shape index (κ2) is 10.8. The number of halogens is 4. The lowest BCUT2D eigenvalue weighted by molar-refractivity contribution is 0.0593. The van der Waals surface area contributed by atoms with Crippen molar-refractivity contribution in [2.75, 3.05) is 17.2 Å². The van der Waals surface area contributed by atoms with Crippen molar-refractivity contribution in [3.63, 3.8) is 0 Å². The van der Waals surface area contributed by atoms with Crippen LogP contribution in [0.15, 0.2) is 42.7 Å². The van der Waals surface area contributed by atoms with Crippen LogP contribution in [-0.4, -0.2) is 32.9 Å². The number of rotatable bonds is 8. The van der Waals surface area contributed by atoms with Gasteiger partial charge in [-0.25, -0.2) is 13.5 Å². The molecular weight excluding hydrogens is 569 g/mol. The summed E-state index contributed by atoms with van der Waals surface area (Å²) < 4.78 is 28.9. The van der Waals surface area contributed by atoms with Crippen LogP contribution >= 0.6 is 23.2 Å². The number of alkyl halides is 2. The summed E-state index contributed by atoms with van der Waals surface area (Å²) in [5, 5.41) is 35.6. The molecule has 1 saturated carbocycles. The van der Waals surface area contributed by atoms with Gasteiger partial charge in [-0.3, -0.25) is 4.98 Å². The van der Waals surface area contributed by atoms with Crippen LogP contribution in [0.3, 0.4) is 0 Å². The normalized spacial score (nSPS) is 14.9. The van der Waals surface area contributed by atoms with Gasteiger partial charge in [0.1, 0.15) is 23.4 Å². The molecule has 0 aliphatic heterocycles. The second-order valence-electron chi connectivity index (χ2n) is 11.3. The van der Waals surface area contributed by atoms with Crippen molar-refractivity contribution in [1.29, 1.82) is 10.5 Å². The molecule has 2 N–H and O–H groups in total. The van der Waals surface area contributed by atoms with E-state index < -0.39 is 18.0 Å². The van der Waals surface area contributed by atoms with Gasteiger partial charge in [0.2, 0.25) is 0 Å². The zero-order chi connectivity index (χ0) is 29.5. The minimum Gasteiger partial charge on any atom is -0.383 e. The lowest BCUT2D eigenvalue weighted by Crippen LogP contribution is -2.26. The predicted molar refractivity (Wildman–Crippen MR) is 154 cm³/mol. The van der Waals surface area contributed by atoms with Crippen molar-refractivity contribution in [2.45, 2.75) is 51.6 Å². The van der Waals surface area contributed by atoms with Gasteiger partial charge >= 0.3 is 0 Å². The van der Waals surface area contributed by atoms with Crippen LogP contribution in [0.2, 0.25) is 10.0 Å². The van der Waals surface area contributed by atoms with Gasteiger partial charge in [0, 0.05) is 28.7 Å². The fourth-order valence-corrected chi connectivity index (χ4v) is 5.13. The number of benzene rings is 2. The van der Waals surface area contributed by atoms with Gasteiger partial charge < -0.3 is 10.6 Å². The van der Waals surface area contributed by atoms with Crippen molar-refractivity contribution < 1.29 is 8.78 Å². The van der Waals surface area contributed by atoms with Gasteiger partial charge in [-0.1, -0.05) is 61.3 Å². The monoisotopic (exact) mass is 594 g/mol. The van der Waals surface area contributed by atoms with Crippen LogP contribution in [-0.2, 0) is 5.54 Å². The highest BCUT2D eigenvalue weighted by atomic mass is 35.5. The molecule has 0 radical (unpaired) electrons. The van der Waals surface area contributed by atoms with Crippen LogP contribution in [0.1, 0.15) is 62.0 Å². The van der Waals surface area contributed by atoms with E-state index in [0.29, 0.717) is 63.5 Å². The maximum Gasteiger partial charge on any atom is 0.263 e. The number of hydrogen-bond donors (Lipinski definition) is 2. The Hall–Kier alpha value is -3.99. The zero-order valence-corrected chi connectivity index (χ0v) is 24.0. The standard InChI is InChI=1S/C29H26Cl2F2N8/c1-28(2,3)15-37-24-17(12-35)13-36-25-20(24)9-18(30)10-21(25)38-26(19-6-4-5-16(11-34)23(19)31)22-14-41(40-39-22)29(7-8-29)27(32)33/h4-6,9-10,13-14,26-27,38H,7-8,15H2,1-3H3,(H,36,37)/t26-/m0/s1. The molecule has 0 spiro atoms. The molecule has 2 heterocycles. The van der Waals surface area contributed by atoms with E-state index in [9.17, 15) is 19.3 Å². The molecule has 0 saturated heterocycles. The molecule has 4 aromatic rings. The second-order valence-corrected chi connectivity index (χ2v) is 12.1. The molecule has 210 valence electrons. The zero-order valence-electron chi connectivity index (χ0n) is 22.5. The molecule has 1 aliphatic carbocycles. The van der Waals surface area contributed by atoms with E-state index in [1.54, 1.807) is 30.3 Å². The van der Waals surface area contributed by atoms with Crippen LogP contribution in [0, 0.1) is 28.1 Å². The lowest BCUT2D eigenvalue weighted by Gasteiger charge is -2.23. The largest absolute Gasteiger partial charge is 0.383 e. The summed E-state index contributed by atoms with van der Waals surface area (Å²) in [7, 11) is 0. The van der Waals surface area contributed by atoms with Gasteiger partial charge in [-0.05, 0) is 36.5 Å². The van der Waals surface area contributed by atoms with E-state index >= 15 is 0 Å². The fourth-order valence-electron chi connectivity index (χ4n) is 4.63. The van der Waals surface area contributed by atoms with Gasteiger partial charge in [-0.2, -0.15) is 10.5 Å². The molecule has 0 amide bonds. The third-order valence-electron chi connectivity index (χ3n) is 7.04. The third kappa shape index (κ3) is 5.50. The fraction of sp³-hybridized carbons (Fsp3) is 0.345. The average molecular weight is 595 g/mol. The van der Waals surface area contributed by atoms with Crippen molar-refractivity contribution >= 4 is 45.5 Å². The summed E-state index contributed by atoms with van der Waals surface area (Å²) in [6, 6.07) is 11.9. The van der Waals surface area contributed by atoms with Crippen molar-refractivity contribution in [2.24, 2.45) is 5.41 Å². The summed E-state index contributed by atoms with van der Waals surface area (Å²) in [6.07, 6.45) is 0.968. The molecule has 1 fully saturated rings. The summed E-state index contributed by atoms with van der Waals surface area (Å²) in [6.45, 7) is 6.81. The number of anilines is 2. The van der Waals surface area contributed by atoms with E-state index in [2.05, 4.69) is 58.8 Å². The minimum atomic E-state index is -2.59. The Bertz CT molecular complexity index is 1710. The third-order valence-corrected chi connectivity index (χ3v) is 7.68. The van der Waals surface area contributed by atoms with Crippen LogP contribution in [0.25, 0.3) is 10.9 Å². The highest BCUT2D eigenvalue weighted by molar-refractivity contribution is 6.33. The van der Waals surface area contributed by atoms with E-state index in [0.717, 1.165) is 0 Å². The highest BCUT2D eigenvalue weighted by Gasteiger charge is 2.54. The van der Waals surface area contributed by atoms with Crippen molar-refractivity contribution in [3.05, 3.63) is 75.2 Å². The summed E-state index contributed by atoms with van der Waals surface area (Å²) in [5.41, 5.74) is 1.58. The maximum atomic E-state index is 13.8. The Labute approximate surface area is 245 Å². The molecule has 5 rings (SSSR count). The van der Waals surface area contributed by atoms with Crippen LogP contribution in [0.5, 0.6) is 0 Å². The van der Waals surface area contributed by atoms with Gasteiger partial charge in [0.05, 0.1) is 45.3 Å². The first-order valence-corrected chi connectivity index (χ1v) is 13.6. The number of hydrogen-bond acceptors (Lipinski definition) is 7. The molecule has 1 atom stereocenters. The molecular formula is C29H26Cl2F2N8. The Balaban J connectivity index is 1.65. The maximum absolute atomic E-state index is 13.8. The smallest absolute Gasteiger partial charge is 0.263 e. The quantitative estimate of drug-likeness (QED) is 0.220. The molecule has 8 nitrogen and oxygen atoms in total. The Morgan fingerprint density at radius 1 is 1.12 bits per heavy atom. The number of pyridine rings is 1. The highest BCUT2D eigenvalue weighted by Crippen LogP contribution is 2.48. The lowest BCUT2D eigenvalue weighted by atomic mass is 9.96. The van der Waals surface area contributed by atoms with Gasteiger partial charge in [0.25, 0.3) is 6.43 Å². The Morgan fingerprint density at radius 3 is 2.49 bits per heavy atom. The first kappa shape index (κ1) is 28.5. The van der Waals surface area contributed by atoms with E-state index in [-0.39, 0.29) is 16.0 Å². The first-order valence-electron chi connectivity index (χ1n) is 12.9. The van der Waals surface area contributed by atoms with Crippen molar-refractivity contribution in [3.8, 4) is 12.1 Å². The molecule has 2 aromatic carbocycles. The predicted octanol–water partition coefficient (Wildman–Crippen LogP) is 7.29. The summed E-state index contributed by atoms with van der Waals surface area (Å²) >= 11 is 13.2. The molecule has 41 heavy (non-hydrogen) atoms. The molecule has 1 aliphatic rings. The minimum absolute atomic E-state index is 0.0709. The number of nitrogens with zero attached hydrogens (tertiary/aromatic N) is 6. The average Bonchev–Trinajstić information content (AvgIpc) is 3.60. The molecule has 0 bridgehead atoms. The molecule has 0 unspecified atom stereocenters. The number of fused-ring (bicyclic) bond motifs is 1. The summed E-state index contributed by atoms with van der Waals surface area (Å²) in [5.74, 6) is 0. The van der Waals surface area contributed by atoms with E-state index in [1.165, 1.54) is 17.1 Å². The van der Waals surface area contributed by atoms with Crippen molar-refractivity contribution in [1.82, 2.24) is 20.0 Å². The number of aromatic nitrogens is 4. The Kier molecular flexibility index (Phi) is 7.50. The van der Waals surface area contributed by atoms with E-state index in [1.807, 2.05) is 0 Å². The number of nitrogens with one attached hydrogen (secondary N) is 2. The molecule has 2 aromatic heterocycles. The van der Waals surface area contributed by atoms with E-state index in [4.69, 9.17) is 23.2 Å². The van der Waals surface area contributed by atoms with Gasteiger partial charge in [0.15, 0.2) is 0 Å². The van der Waals surface area contributed by atoms with Crippen LogP contribution < -0.4 is 10.6 Å². The molecule has 12 heteroatoms. The summed E-state index contributed by atoms with van der Waals surface area (Å²) in [4.78, 5) is 4.56. The Morgan fingerprint density at radius 2 is 1.85 bits per heavy atom. The number of nitriles is 2.